The minimum absolute atomic E-state index is 0.187. The van der Waals surface area contributed by atoms with Crippen LogP contribution in [0.15, 0.2) is 47.4 Å². The van der Waals surface area contributed by atoms with E-state index in [1.54, 1.807) is 30.3 Å². The molecule has 202 valence electrons. The van der Waals surface area contributed by atoms with Gasteiger partial charge in [0.05, 0.1) is 20.7 Å². The molecule has 2 fully saturated rings. The van der Waals surface area contributed by atoms with E-state index in [0.29, 0.717) is 47.2 Å². The fourth-order valence-electron chi connectivity index (χ4n) is 4.71. The van der Waals surface area contributed by atoms with E-state index in [4.69, 9.17) is 23.2 Å². The van der Waals surface area contributed by atoms with Crippen LogP contribution >= 0.6 is 23.2 Å². The molecule has 0 atom stereocenters. The van der Waals surface area contributed by atoms with Gasteiger partial charge in [-0.15, -0.1) is 0 Å². The van der Waals surface area contributed by atoms with Gasteiger partial charge in [-0.05, 0) is 67.6 Å². The summed E-state index contributed by atoms with van der Waals surface area (Å²) in [7, 11) is -7.12. The topological polar surface area (TPSA) is 104 Å². The van der Waals surface area contributed by atoms with E-state index in [2.05, 4.69) is 5.32 Å². The molecule has 2 heterocycles. The zero-order chi connectivity index (χ0) is 26.6. The molecule has 2 aromatic carbocycles. The Morgan fingerprint density at radius 2 is 1.43 bits per heavy atom. The maximum atomic E-state index is 13.0. The number of hydrogen-bond acceptors (Lipinski definition) is 5. The monoisotopic (exact) mass is 587 g/mol. The van der Waals surface area contributed by atoms with Gasteiger partial charge < -0.3 is 5.32 Å². The number of sulfonamides is 2. The molecule has 0 unspecified atom stereocenters. The Morgan fingerprint density at radius 1 is 0.811 bits per heavy atom. The number of nitrogens with zero attached hydrogens (tertiary/aromatic N) is 2. The van der Waals surface area contributed by atoms with Gasteiger partial charge in [0, 0.05) is 37.8 Å². The summed E-state index contributed by atoms with van der Waals surface area (Å²) in [5.41, 5.74) is 1.06. The normalized spacial score (nSPS) is 18.9. The number of hydrogen-bond donors (Lipinski definition) is 1. The molecule has 0 saturated carbocycles. The number of rotatable bonds is 7. The molecule has 12 heteroatoms. The smallest absolute Gasteiger partial charge is 0.243 e. The Hall–Kier alpha value is -1.69. The van der Waals surface area contributed by atoms with Crippen LogP contribution in [0.5, 0.6) is 0 Å². The van der Waals surface area contributed by atoms with Crippen molar-refractivity contribution in [1.29, 1.82) is 0 Å². The van der Waals surface area contributed by atoms with Gasteiger partial charge >= 0.3 is 0 Å². The number of carbonyl (C=O) groups is 1. The van der Waals surface area contributed by atoms with Crippen LogP contribution in [0, 0.1) is 5.92 Å². The molecule has 2 aliphatic heterocycles. The van der Waals surface area contributed by atoms with E-state index in [1.165, 1.54) is 20.7 Å². The summed E-state index contributed by atoms with van der Waals surface area (Å²) < 4.78 is 54.6. The average Bonchev–Trinajstić information content (AvgIpc) is 3.17. The second-order valence-corrected chi connectivity index (χ2v) is 14.2. The molecular formula is C25H31Cl2N3O5S2. The van der Waals surface area contributed by atoms with Crippen molar-refractivity contribution >= 4 is 54.8 Å². The Morgan fingerprint density at radius 3 is 2.03 bits per heavy atom. The predicted octanol–water partition coefficient (Wildman–Crippen LogP) is 4.74. The molecule has 0 radical (unpaired) electrons. The van der Waals surface area contributed by atoms with E-state index < -0.39 is 20.0 Å². The molecule has 37 heavy (non-hydrogen) atoms. The lowest BCUT2D eigenvalue weighted by atomic mass is 9.97. The predicted molar refractivity (Wildman–Crippen MR) is 146 cm³/mol. The third kappa shape index (κ3) is 7.04. The van der Waals surface area contributed by atoms with Crippen molar-refractivity contribution in [3.63, 3.8) is 0 Å². The maximum Gasteiger partial charge on any atom is 0.243 e. The first-order valence-electron chi connectivity index (χ1n) is 12.4. The van der Waals surface area contributed by atoms with Crippen LogP contribution in [0.1, 0.15) is 44.1 Å². The largest absolute Gasteiger partial charge is 0.326 e. The Bertz CT molecular complexity index is 1320. The molecule has 0 bridgehead atoms. The molecule has 8 nitrogen and oxygen atoms in total. The molecule has 0 spiro atoms. The van der Waals surface area contributed by atoms with Crippen LogP contribution in [0.4, 0.5) is 5.69 Å². The maximum absolute atomic E-state index is 13.0. The van der Waals surface area contributed by atoms with Gasteiger partial charge in [0.15, 0.2) is 0 Å². The van der Waals surface area contributed by atoms with E-state index in [0.717, 1.165) is 25.7 Å². The lowest BCUT2D eigenvalue weighted by Gasteiger charge is -2.30. The summed E-state index contributed by atoms with van der Waals surface area (Å²) >= 11 is 11.9. The highest BCUT2D eigenvalue weighted by atomic mass is 35.5. The lowest BCUT2D eigenvalue weighted by molar-refractivity contribution is -0.120. The summed E-state index contributed by atoms with van der Waals surface area (Å²) in [5, 5.41) is 3.51. The minimum atomic E-state index is -3.57. The standard InChI is InChI=1S/C25H31Cl2N3O5S2/c26-23-10-5-19(17-24(23)27)18-36(32,33)29-15-11-20(12-16-29)25(31)28-21-6-8-22(9-7-21)37(34,35)30-13-3-1-2-4-14-30/h5-10,17,20H,1-4,11-16,18H2,(H,28,31). The second kappa shape index (κ2) is 12.0. The molecule has 1 N–H and O–H groups in total. The summed E-state index contributed by atoms with van der Waals surface area (Å²) in [6.45, 7) is 1.55. The first-order chi connectivity index (χ1) is 17.6. The molecule has 4 rings (SSSR count). The van der Waals surface area contributed by atoms with Crippen LogP contribution in [0.25, 0.3) is 0 Å². The van der Waals surface area contributed by atoms with Crippen LogP contribution in [-0.2, 0) is 30.6 Å². The molecule has 2 aliphatic rings. The van der Waals surface area contributed by atoms with Gasteiger partial charge in [-0.1, -0.05) is 42.1 Å². The van der Waals surface area contributed by atoms with Crippen molar-refractivity contribution in [3.8, 4) is 0 Å². The van der Waals surface area contributed by atoms with Crippen LogP contribution in [0.2, 0.25) is 10.0 Å². The third-order valence-corrected chi connectivity index (χ3v) is 11.4. The van der Waals surface area contributed by atoms with E-state index in [1.807, 2.05) is 0 Å². The average molecular weight is 589 g/mol. The van der Waals surface area contributed by atoms with Crippen molar-refractivity contribution in [2.24, 2.45) is 5.92 Å². The summed E-state index contributed by atoms with van der Waals surface area (Å²) in [5.74, 6) is -0.727. The molecule has 0 aromatic heterocycles. The highest BCUT2D eigenvalue weighted by Crippen LogP contribution is 2.27. The van der Waals surface area contributed by atoms with E-state index in [9.17, 15) is 21.6 Å². The zero-order valence-corrected chi connectivity index (χ0v) is 23.5. The van der Waals surface area contributed by atoms with Crippen molar-refractivity contribution < 1.29 is 21.6 Å². The first-order valence-corrected chi connectivity index (χ1v) is 16.2. The zero-order valence-electron chi connectivity index (χ0n) is 20.4. The van der Waals surface area contributed by atoms with Gasteiger partial charge in [0.2, 0.25) is 26.0 Å². The molecule has 0 aliphatic carbocycles. The van der Waals surface area contributed by atoms with Gasteiger partial charge in [-0.25, -0.2) is 21.1 Å². The van der Waals surface area contributed by atoms with Crippen molar-refractivity contribution in [3.05, 3.63) is 58.1 Å². The summed E-state index contributed by atoms with van der Waals surface area (Å²) in [6.07, 6.45) is 4.60. The van der Waals surface area contributed by atoms with Crippen molar-refractivity contribution in [2.75, 3.05) is 31.5 Å². The van der Waals surface area contributed by atoms with Crippen LogP contribution in [-0.4, -0.2) is 57.5 Å². The Balaban J connectivity index is 1.31. The number of piperidine rings is 1. The van der Waals surface area contributed by atoms with E-state index in [-0.39, 0.29) is 35.6 Å². The van der Waals surface area contributed by atoms with Gasteiger partial charge in [-0.3, -0.25) is 4.79 Å². The van der Waals surface area contributed by atoms with E-state index >= 15 is 0 Å². The molecular weight excluding hydrogens is 557 g/mol. The third-order valence-electron chi connectivity index (χ3n) is 6.88. The number of halogens is 2. The highest BCUT2D eigenvalue weighted by molar-refractivity contribution is 7.89. The molecule has 2 aromatic rings. The highest BCUT2D eigenvalue weighted by Gasteiger charge is 2.31. The molecule has 2 saturated heterocycles. The Labute approximate surface area is 229 Å². The molecule has 1 amide bonds. The minimum Gasteiger partial charge on any atom is -0.326 e. The fraction of sp³-hybridized carbons (Fsp3) is 0.480. The van der Waals surface area contributed by atoms with Gasteiger partial charge in [-0.2, -0.15) is 4.31 Å². The first kappa shape index (κ1) is 28.3. The summed E-state index contributed by atoms with van der Waals surface area (Å²) in [6, 6.07) is 11.0. The number of benzene rings is 2. The van der Waals surface area contributed by atoms with Crippen molar-refractivity contribution in [2.45, 2.75) is 49.2 Å². The number of nitrogens with one attached hydrogen (secondary N) is 1. The lowest BCUT2D eigenvalue weighted by Crippen LogP contribution is -2.41. The SMILES string of the molecule is O=C(Nc1ccc(S(=O)(=O)N2CCCCCC2)cc1)C1CCN(S(=O)(=O)Cc2ccc(Cl)c(Cl)c2)CC1. The van der Waals surface area contributed by atoms with Gasteiger partial charge in [0.25, 0.3) is 0 Å². The van der Waals surface area contributed by atoms with Crippen LogP contribution in [0.3, 0.4) is 0 Å². The number of amides is 1. The quantitative estimate of drug-likeness (QED) is 0.504. The Kier molecular flexibility index (Phi) is 9.19. The number of anilines is 1. The number of carbonyl (C=O) groups excluding carboxylic acids is 1. The van der Waals surface area contributed by atoms with Crippen molar-refractivity contribution in [1.82, 2.24) is 8.61 Å². The second-order valence-electron chi connectivity index (χ2n) is 9.51. The van der Waals surface area contributed by atoms with Gasteiger partial charge in [0.1, 0.15) is 0 Å². The fourth-order valence-corrected chi connectivity index (χ4v) is 8.10. The van der Waals surface area contributed by atoms with Crippen LogP contribution < -0.4 is 5.32 Å². The summed E-state index contributed by atoms with van der Waals surface area (Å²) in [4.78, 5) is 13.0.